The number of pyridine rings is 1. The Bertz CT molecular complexity index is 1460. The lowest BCUT2D eigenvalue weighted by atomic mass is 9.91. The number of hydrogen-bond acceptors (Lipinski definition) is 3. The van der Waals surface area contributed by atoms with Gasteiger partial charge < -0.3 is 10.7 Å². The molecule has 5 nitrogen and oxygen atoms in total. The molecule has 3 aromatic carbocycles. The van der Waals surface area contributed by atoms with Gasteiger partial charge in [-0.15, -0.1) is 0 Å². The second kappa shape index (κ2) is 5.45. The highest BCUT2D eigenvalue weighted by molar-refractivity contribution is 6.15. The highest BCUT2D eigenvalue weighted by atomic mass is 16.1. The van der Waals surface area contributed by atoms with Crippen LogP contribution in [0.15, 0.2) is 59.5 Å². The van der Waals surface area contributed by atoms with E-state index in [4.69, 9.17) is 5.73 Å². The Kier molecular flexibility index (Phi) is 3.01. The highest BCUT2D eigenvalue weighted by Crippen LogP contribution is 2.46. The summed E-state index contributed by atoms with van der Waals surface area (Å²) in [6, 6.07) is 16.5. The van der Waals surface area contributed by atoms with Crippen LogP contribution in [-0.4, -0.2) is 15.2 Å². The van der Waals surface area contributed by atoms with Crippen LogP contribution in [-0.2, 0) is 0 Å². The minimum absolute atomic E-state index is 0.248. The van der Waals surface area contributed by atoms with E-state index in [1.807, 2.05) is 24.3 Å². The summed E-state index contributed by atoms with van der Waals surface area (Å²) in [5.41, 5.74) is 11.2. The zero-order chi connectivity index (χ0) is 18.8. The van der Waals surface area contributed by atoms with Gasteiger partial charge in [0.1, 0.15) is 5.69 Å². The van der Waals surface area contributed by atoms with Crippen molar-refractivity contribution in [1.29, 1.82) is 0 Å². The summed E-state index contributed by atoms with van der Waals surface area (Å²) < 4.78 is 0. The molecule has 0 atom stereocenters. The topological polar surface area (TPSA) is 87.6 Å². The molecule has 5 aromatic rings. The Morgan fingerprint density at radius 3 is 2.61 bits per heavy atom. The van der Waals surface area contributed by atoms with Crippen molar-refractivity contribution in [2.45, 2.75) is 18.8 Å². The molecule has 0 saturated heterocycles. The summed E-state index contributed by atoms with van der Waals surface area (Å²) in [5.74, 6) is 0.583. The number of nitrogens with one attached hydrogen (secondary N) is 2. The molecule has 2 heterocycles. The average molecular weight is 366 g/mol. The van der Waals surface area contributed by atoms with E-state index in [2.05, 4.69) is 39.4 Å². The number of anilines is 1. The minimum atomic E-state index is -0.257. The van der Waals surface area contributed by atoms with Crippen molar-refractivity contribution in [1.82, 2.24) is 15.2 Å². The van der Waals surface area contributed by atoms with Crippen LogP contribution in [0, 0.1) is 0 Å². The molecular formula is C23H18N4O. The van der Waals surface area contributed by atoms with Gasteiger partial charge in [-0.2, -0.15) is 5.10 Å². The third-order valence-corrected chi connectivity index (χ3v) is 5.87. The lowest BCUT2D eigenvalue weighted by Gasteiger charge is -2.15. The van der Waals surface area contributed by atoms with Gasteiger partial charge in [0.05, 0.1) is 17.2 Å². The van der Waals surface area contributed by atoms with Crippen molar-refractivity contribution in [3.63, 3.8) is 0 Å². The van der Waals surface area contributed by atoms with Crippen molar-refractivity contribution >= 4 is 38.3 Å². The Hall–Kier alpha value is -3.60. The maximum Gasteiger partial charge on any atom is 0.272 e. The molecule has 0 amide bonds. The minimum Gasteiger partial charge on any atom is -0.394 e. The first-order valence-corrected chi connectivity index (χ1v) is 9.52. The molecule has 4 N–H and O–H groups in total. The molecule has 0 unspecified atom stereocenters. The molecule has 0 aliphatic heterocycles. The first-order chi connectivity index (χ1) is 13.7. The first-order valence-electron chi connectivity index (χ1n) is 9.52. The fraction of sp³-hybridized carbons (Fsp3) is 0.130. The van der Waals surface area contributed by atoms with Crippen molar-refractivity contribution in [2.75, 3.05) is 5.73 Å². The number of aromatic nitrogens is 3. The lowest BCUT2D eigenvalue weighted by molar-refractivity contribution is 1.12. The predicted molar refractivity (Wildman–Crippen MR) is 114 cm³/mol. The van der Waals surface area contributed by atoms with Crippen LogP contribution in [0.4, 0.5) is 5.69 Å². The normalized spacial score (nSPS) is 14.3. The van der Waals surface area contributed by atoms with E-state index in [0.29, 0.717) is 5.92 Å². The maximum atomic E-state index is 12.8. The molecule has 28 heavy (non-hydrogen) atoms. The van der Waals surface area contributed by atoms with Crippen molar-refractivity contribution in [3.05, 3.63) is 70.6 Å². The van der Waals surface area contributed by atoms with Crippen molar-refractivity contribution in [2.24, 2.45) is 0 Å². The number of nitrogens with zero attached hydrogens (tertiary/aromatic N) is 1. The average Bonchev–Trinajstić information content (AvgIpc) is 3.44. The van der Waals surface area contributed by atoms with Crippen LogP contribution in [0.1, 0.15) is 24.3 Å². The molecule has 2 aromatic heterocycles. The molecule has 136 valence electrons. The molecule has 0 spiro atoms. The zero-order valence-electron chi connectivity index (χ0n) is 15.1. The van der Waals surface area contributed by atoms with E-state index in [9.17, 15) is 4.79 Å². The SMILES string of the molecule is Nc1c(-c2cccc3[nH]ncc23)c2cc(C3CC3)c3ccccc3c2[nH]c1=O. The molecule has 0 bridgehead atoms. The van der Waals surface area contributed by atoms with E-state index >= 15 is 0 Å². The molecular weight excluding hydrogens is 348 g/mol. The molecule has 5 heteroatoms. The Morgan fingerprint density at radius 1 is 0.964 bits per heavy atom. The van der Waals surface area contributed by atoms with E-state index in [1.165, 1.54) is 23.8 Å². The molecule has 0 radical (unpaired) electrons. The summed E-state index contributed by atoms with van der Waals surface area (Å²) in [6.07, 6.45) is 4.21. The van der Waals surface area contributed by atoms with Gasteiger partial charge >= 0.3 is 0 Å². The highest BCUT2D eigenvalue weighted by Gasteiger charge is 2.27. The van der Waals surface area contributed by atoms with Crippen LogP contribution >= 0.6 is 0 Å². The third-order valence-electron chi connectivity index (χ3n) is 5.87. The summed E-state index contributed by atoms with van der Waals surface area (Å²) in [6.45, 7) is 0. The lowest BCUT2D eigenvalue weighted by Crippen LogP contribution is -2.14. The number of aromatic amines is 2. The van der Waals surface area contributed by atoms with Gasteiger partial charge in [0.2, 0.25) is 0 Å². The van der Waals surface area contributed by atoms with Gasteiger partial charge in [-0.05, 0) is 47.4 Å². The Balaban J connectivity index is 1.84. The Labute approximate surface area is 160 Å². The van der Waals surface area contributed by atoms with Gasteiger partial charge in [-0.1, -0.05) is 36.4 Å². The molecule has 6 rings (SSSR count). The number of rotatable bonds is 2. The fourth-order valence-electron chi connectivity index (χ4n) is 4.38. The smallest absolute Gasteiger partial charge is 0.272 e. The predicted octanol–water partition coefficient (Wildman–Crippen LogP) is 4.68. The first kappa shape index (κ1) is 15.5. The number of nitrogen functional groups attached to an aromatic ring is 1. The van der Waals surface area contributed by atoms with Gasteiger partial charge in [0.15, 0.2) is 0 Å². The number of nitrogens with two attached hydrogens (primary N) is 1. The summed E-state index contributed by atoms with van der Waals surface area (Å²) in [4.78, 5) is 15.8. The van der Waals surface area contributed by atoms with E-state index in [1.54, 1.807) is 6.20 Å². The van der Waals surface area contributed by atoms with Crippen LogP contribution in [0.2, 0.25) is 0 Å². The van der Waals surface area contributed by atoms with Gasteiger partial charge in [-0.3, -0.25) is 9.89 Å². The second-order valence-corrected chi connectivity index (χ2v) is 7.59. The van der Waals surface area contributed by atoms with E-state index in [0.717, 1.165) is 38.3 Å². The van der Waals surface area contributed by atoms with E-state index < -0.39 is 0 Å². The second-order valence-electron chi connectivity index (χ2n) is 7.59. The molecule has 1 aliphatic carbocycles. The van der Waals surface area contributed by atoms with Gasteiger partial charge in [-0.25, -0.2) is 0 Å². The number of benzene rings is 3. The van der Waals surface area contributed by atoms with Crippen LogP contribution < -0.4 is 11.3 Å². The van der Waals surface area contributed by atoms with E-state index in [-0.39, 0.29) is 11.2 Å². The van der Waals surface area contributed by atoms with Crippen LogP contribution in [0.5, 0.6) is 0 Å². The van der Waals surface area contributed by atoms with Crippen molar-refractivity contribution in [3.8, 4) is 11.1 Å². The largest absolute Gasteiger partial charge is 0.394 e. The molecule has 1 aliphatic rings. The maximum absolute atomic E-state index is 12.8. The summed E-state index contributed by atoms with van der Waals surface area (Å²) >= 11 is 0. The monoisotopic (exact) mass is 366 g/mol. The Morgan fingerprint density at radius 2 is 1.79 bits per heavy atom. The number of hydrogen-bond donors (Lipinski definition) is 3. The summed E-state index contributed by atoms with van der Waals surface area (Å²) in [5, 5.41) is 11.4. The quantitative estimate of drug-likeness (QED) is 0.396. The number of fused-ring (bicyclic) bond motifs is 4. The third kappa shape index (κ3) is 2.07. The summed E-state index contributed by atoms with van der Waals surface area (Å²) in [7, 11) is 0. The van der Waals surface area contributed by atoms with Crippen molar-refractivity contribution < 1.29 is 0 Å². The molecule has 1 fully saturated rings. The zero-order valence-corrected chi connectivity index (χ0v) is 15.1. The van der Waals surface area contributed by atoms with Crippen LogP contribution in [0.3, 0.4) is 0 Å². The van der Waals surface area contributed by atoms with Gasteiger partial charge in [0.25, 0.3) is 5.56 Å². The standard InChI is InChI=1S/C23H18N4O/c24-21-20(14-6-3-7-19-18(14)11-25-27-19)17-10-16(12-8-9-12)13-4-1-2-5-15(13)22(17)26-23(21)28/h1-7,10-12H,8-9,24H2,(H,25,27)(H,26,28). The van der Waals surface area contributed by atoms with Crippen LogP contribution in [0.25, 0.3) is 43.7 Å². The number of H-pyrrole nitrogens is 2. The fourth-order valence-corrected chi connectivity index (χ4v) is 4.38. The molecule has 1 saturated carbocycles. The van der Waals surface area contributed by atoms with Gasteiger partial charge in [0, 0.05) is 21.7 Å².